The van der Waals surface area contributed by atoms with Crippen LogP contribution in [0.5, 0.6) is 5.75 Å². The molecule has 5 rings (SSSR count). The maximum Gasteiger partial charge on any atom is 0.323 e. The first-order chi connectivity index (χ1) is 19.0. The van der Waals surface area contributed by atoms with Crippen molar-refractivity contribution >= 4 is 46.1 Å². The lowest BCUT2D eigenvalue weighted by atomic mass is 9.87. The lowest BCUT2D eigenvalue weighted by molar-refractivity contribution is -0.125. The van der Waals surface area contributed by atoms with Crippen molar-refractivity contribution in [2.24, 2.45) is 0 Å². The molecule has 0 bridgehead atoms. The number of hydrogen-bond donors (Lipinski definition) is 2. The quantitative estimate of drug-likeness (QED) is 0.259. The molecule has 1 aliphatic rings. The molecule has 4 aromatic rings. The van der Waals surface area contributed by atoms with E-state index in [-0.39, 0.29) is 11.9 Å². The number of halogens is 1. The minimum Gasteiger partial charge on any atom is -0.497 e. The van der Waals surface area contributed by atoms with Gasteiger partial charge >= 0.3 is 6.03 Å². The summed E-state index contributed by atoms with van der Waals surface area (Å²) in [6.07, 6.45) is 0.609. The van der Waals surface area contributed by atoms with Crippen molar-refractivity contribution in [2.45, 2.75) is 13.0 Å². The van der Waals surface area contributed by atoms with Crippen LogP contribution in [-0.4, -0.2) is 30.5 Å². The third-order valence-corrected chi connectivity index (χ3v) is 6.97. The van der Waals surface area contributed by atoms with Gasteiger partial charge in [0.05, 0.1) is 12.7 Å². The van der Waals surface area contributed by atoms with Crippen molar-refractivity contribution in [3.05, 3.63) is 125 Å². The topological polar surface area (TPSA) is 70.7 Å². The summed E-state index contributed by atoms with van der Waals surface area (Å²) in [5.74, 6) is 0.610. The van der Waals surface area contributed by atoms with Crippen LogP contribution in [0, 0.1) is 0 Å². The fourth-order valence-electron chi connectivity index (χ4n) is 4.74. The molecule has 3 amide bonds. The van der Waals surface area contributed by atoms with E-state index in [4.69, 9.17) is 16.3 Å². The van der Waals surface area contributed by atoms with Crippen LogP contribution in [0.3, 0.4) is 0 Å². The highest BCUT2D eigenvalue weighted by atomic mass is 35.5. The minimum absolute atomic E-state index is 0.0920. The van der Waals surface area contributed by atoms with Gasteiger partial charge in [-0.3, -0.25) is 4.79 Å². The number of rotatable bonds is 7. The molecule has 6 nitrogen and oxygen atoms in total. The van der Waals surface area contributed by atoms with Gasteiger partial charge in [-0.05, 0) is 54.0 Å². The van der Waals surface area contributed by atoms with Gasteiger partial charge in [-0.15, -0.1) is 0 Å². The summed E-state index contributed by atoms with van der Waals surface area (Å²) in [7, 11) is 1.59. The molecular weight excluding hydrogens is 510 g/mol. The summed E-state index contributed by atoms with van der Waals surface area (Å²) < 4.78 is 5.18. The fourth-order valence-corrected chi connectivity index (χ4v) is 4.97. The Hall–Kier alpha value is -4.55. The second-order valence-corrected chi connectivity index (χ2v) is 9.56. The SMILES string of the molecule is COc1ccc(NC(=O)Nc2ccccc2C2=C(c3ccccc3Cl)C(=O)N(Cc3ccccc3)CC2)cc1. The monoisotopic (exact) mass is 537 g/mol. The van der Waals surface area contributed by atoms with Crippen molar-refractivity contribution in [3.63, 3.8) is 0 Å². The first-order valence-electron chi connectivity index (χ1n) is 12.7. The van der Waals surface area contributed by atoms with E-state index in [1.165, 1.54) is 0 Å². The molecule has 39 heavy (non-hydrogen) atoms. The number of methoxy groups -OCH3 is 1. The molecule has 0 radical (unpaired) electrons. The molecule has 0 aliphatic carbocycles. The molecule has 0 aromatic heterocycles. The van der Waals surface area contributed by atoms with Crippen molar-refractivity contribution < 1.29 is 14.3 Å². The Morgan fingerprint density at radius 1 is 0.846 bits per heavy atom. The van der Waals surface area contributed by atoms with Crippen molar-refractivity contribution in [1.29, 1.82) is 0 Å². The summed E-state index contributed by atoms with van der Waals surface area (Å²) >= 11 is 6.63. The molecule has 7 heteroatoms. The van der Waals surface area contributed by atoms with Crippen LogP contribution in [0.4, 0.5) is 16.2 Å². The van der Waals surface area contributed by atoms with E-state index in [0.717, 1.165) is 16.7 Å². The average Bonchev–Trinajstić information content (AvgIpc) is 2.96. The Morgan fingerprint density at radius 3 is 2.23 bits per heavy atom. The van der Waals surface area contributed by atoms with Crippen molar-refractivity contribution in [3.8, 4) is 5.75 Å². The number of nitrogens with one attached hydrogen (secondary N) is 2. The number of carbonyl (C=O) groups excluding carboxylic acids is 2. The zero-order valence-electron chi connectivity index (χ0n) is 21.5. The van der Waals surface area contributed by atoms with Gasteiger partial charge in [-0.2, -0.15) is 0 Å². The molecular formula is C32H28ClN3O3. The highest BCUT2D eigenvalue weighted by Gasteiger charge is 2.31. The smallest absolute Gasteiger partial charge is 0.323 e. The second-order valence-electron chi connectivity index (χ2n) is 9.15. The number of amides is 3. The van der Waals surface area contributed by atoms with E-state index in [1.54, 1.807) is 37.4 Å². The van der Waals surface area contributed by atoms with Crippen LogP contribution in [0.2, 0.25) is 5.02 Å². The standard InChI is InChI=1S/C32H28ClN3O3/c1-39-24-17-15-23(16-18-24)34-32(38)35-29-14-8-6-11-25(29)26-19-20-36(21-22-9-3-2-4-10-22)31(37)30(26)27-12-5-7-13-28(27)33/h2-18H,19-21H2,1H3,(H2,34,35,38). The maximum atomic E-state index is 14.0. The highest BCUT2D eigenvalue weighted by molar-refractivity contribution is 6.37. The third-order valence-electron chi connectivity index (χ3n) is 6.64. The van der Waals surface area contributed by atoms with Crippen molar-refractivity contribution in [2.75, 3.05) is 24.3 Å². The Kier molecular flexibility index (Phi) is 7.94. The van der Waals surface area contributed by atoms with E-state index in [1.807, 2.05) is 77.7 Å². The number of hydrogen-bond acceptors (Lipinski definition) is 3. The number of nitrogens with zero attached hydrogens (tertiary/aromatic N) is 1. The predicted molar refractivity (Wildman–Crippen MR) is 157 cm³/mol. The van der Waals surface area contributed by atoms with Gasteiger partial charge in [-0.25, -0.2) is 4.79 Å². The van der Waals surface area contributed by atoms with Gasteiger partial charge in [0, 0.05) is 40.6 Å². The summed E-state index contributed by atoms with van der Waals surface area (Å²) in [5.41, 5.74) is 5.15. The van der Waals surface area contributed by atoms with E-state index in [0.29, 0.717) is 52.8 Å². The first kappa shape index (κ1) is 26.1. The van der Waals surface area contributed by atoms with Gasteiger partial charge in [0.15, 0.2) is 0 Å². The zero-order valence-corrected chi connectivity index (χ0v) is 22.2. The van der Waals surface area contributed by atoms with Crippen LogP contribution in [0.25, 0.3) is 11.1 Å². The van der Waals surface area contributed by atoms with Crippen molar-refractivity contribution in [1.82, 2.24) is 4.90 Å². The van der Waals surface area contributed by atoms with Crippen LogP contribution < -0.4 is 15.4 Å². The summed E-state index contributed by atoms with van der Waals surface area (Å²) in [4.78, 5) is 28.8. The summed E-state index contributed by atoms with van der Waals surface area (Å²) in [5, 5.41) is 6.32. The molecule has 1 aliphatic heterocycles. The lowest BCUT2D eigenvalue weighted by Gasteiger charge is -2.32. The van der Waals surface area contributed by atoms with Crippen LogP contribution in [-0.2, 0) is 11.3 Å². The molecule has 0 spiro atoms. The fraction of sp³-hybridized carbons (Fsp3) is 0.125. The summed E-state index contributed by atoms with van der Waals surface area (Å²) in [6.45, 7) is 1.05. The zero-order chi connectivity index (χ0) is 27.2. The molecule has 1 heterocycles. The number of benzene rings is 4. The molecule has 0 unspecified atom stereocenters. The van der Waals surface area contributed by atoms with E-state index in [2.05, 4.69) is 10.6 Å². The van der Waals surface area contributed by atoms with Gasteiger partial charge in [0.2, 0.25) is 0 Å². The van der Waals surface area contributed by atoms with E-state index >= 15 is 0 Å². The largest absolute Gasteiger partial charge is 0.497 e. The number of para-hydroxylation sites is 1. The number of anilines is 2. The molecule has 4 aromatic carbocycles. The minimum atomic E-state index is -0.389. The average molecular weight is 538 g/mol. The van der Waals surface area contributed by atoms with E-state index in [9.17, 15) is 9.59 Å². The van der Waals surface area contributed by atoms with Gasteiger partial charge < -0.3 is 20.3 Å². The van der Waals surface area contributed by atoms with Gasteiger partial charge in [0.25, 0.3) is 5.91 Å². The molecule has 0 fully saturated rings. The maximum absolute atomic E-state index is 14.0. The Balaban J connectivity index is 1.49. The second kappa shape index (κ2) is 11.9. The normalized spacial score (nSPS) is 13.3. The van der Waals surface area contributed by atoms with Crippen LogP contribution in [0.15, 0.2) is 103 Å². The van der Waals surface area contributed by atoms with Crippen LogP contribution >= 0.6 is 11.6 Å². The molecule has 2 N–H and O–H groups in total. The Morgan fingerprint density at radius 2 is 1.51 bits per heavy atom. The molecule has 0 saturated carbocycles. The molecule has 0 atom stereocenters. The van der Waals surface area contributed by atoms with Crippen LogP contribution in [0.1, 0.15) is 23.1 Å². The lowest BCUT2D eigenvalue weighted by Crippen LogP contribution is -2.36. The predicted octanol–water partition coefficient (Wildman–Crippen LogP) is 7.34. The summed E-state index contributed by atoms with van der Waals surface area (Å²) in [6, 6.07) is 31.5. The highest BCUT2D eigenvalue weighted by Crippen LogP contribution is 2.40. The third kappa shape index (κ3) is 5.97. The first-order valence-corrected chi connectivity index (χ1v) is 13.0. The Labute approximate surface area is 232 Å². The number of urea groups is 1. The number of carbonyl (C=O) groups is 2. The molecule has 196 valence electrons. The van der Waals surface area contributed by atoms with Gasteiger partial charge in [-0.1, -0.05) is 78.3 Å². The molecule has 0 saturated heterocycles. The Bertz CT molecular complexity index is 1520. The number of ether oxygens (including phenoxy) is 1. The van der Waals surface area contributed by atoms with E-state index < -0.39 is 0 Å². The van der Waals surface area contributed by atoms with Gasteiger partial charge in [0.1, 0.15) is 5.75 Å².